The van der Waals surface area contributed by atoms with Crippen LogP contribution in [0.1, 0.15) is 49.6 Å². The number of alkyl halides is 3. The molecule has 1 spiro atoms. The van der Waals surface area contributed by atoms with Crippen LogP contribution in [0, 0.1) is 0 Å². The van der Waals surface area contributed by atoms with Crippen LogP contribution < -0.4 is 10.9 Å². The van der Waals surface area contributed by atoms with Crippen LogP contribution in [0.25, 0.3) is 0 Å². The molecule has 0 bridgehead atoms. The molecule has 0 unspecified atom stereocenters. The lowest BCUT2D eigenvalue weighted by atomic mass is 9.92. The predicted molar refractivity (Wildman–Crippen MR) is 122 cm³/mol. The van der Waals surface area contributed by atoms with E-state index in [9.17, 15) is 22.8 Å². The van der Waals surface area contributed by atoms with Gasteiger partial charge in [-0.15, -0.1) is 46.6 Å². The molecule has 1 saturated heterocycles. The van der Waals surface area contributed by atoms with Crippen LogP contribution in [0.5, 0.6) is 0 Å². The number of halogens is 3. The Balaban J connectivity index is 1.53. The summed E-state index contributed by atoms with van der Waals surface area (Å²) >= 11 is 6.94. The van der Waals surface area contributed by atoms with Crippen molar-refractivity contribution < 1.29 is 22.8 Å². The van der Waals surface area contributed by atoms with Gasteiger partial charge in [-0.1, -0.05) is 6.07 Å². The summed E-state index contributed by atoms with van der Waals surface area (Å²) < 4.78 is 39.8. The number of rotatable bonds is 3. The summed E-state index contributed by atoms with van der Waals surface area (Å²) in [7, 11) is 0. The van der Waals surface area contributed by atoms with Gasteiger partial charge < -0.3 is 0 Å². The Labute approximate surface area is 194 Å². The van der Waals surface area contributed by atoms with Crippen molar-refractivity contribution in [3.05, 3.63) is 51.4 Å². The zero-order chi connectivity index (χ0) is 22.2. The maximum absolute atomic E-state index is 12.9. The summed E-state index contributed by atoms with van der Waals surface area (Å²) in [6.45, 7) is 0. The third kappa shape index (κ3) is 4.46. The van der Waals surface area contributed by atoms with Gasteiger partial charge in [-0.05, 0) is 49.3 Å². The molecule has 1 aliphatic heterocycles. The van der Waals surface area contributed by atoms with Crippen molar-refractivity contribution in [3.63, 3.8) is 0 Å². The summed E-state index contributed by atoms with van der Waals surface area (Å²) in [5, 5.41) is 0. The first-order chi connectivity index (χ1) is 14.7. The number of nitrogens with one attached hydrogen (secondary N) is 2. The highest BCUT2D eigenvalue weighted by Gasteiger charge is 2.45. The minimum atomic E-state index is -4.55. The van der Waals surface area contributed by atoms with E-state index in [4.69, 9.17) is 0 Å². The molecule has 2 aliphatic rings. The van der Waals surface area contributed by atoms with Crippen LogP contribution in [-0.2, 0) is 16.7 Å². The Morgan fingerprint density at radius 3 is 2.52 bits per heavy atom. The molecule has 4 rings (SSSR count). The first kappa shape index (κ1) is 22.9. The normalized spacial score (nSPS) is 17.4. The summed E-state index contributed by atoms with van der Waals surface area (Å²) in [5.74, 6) is 0.935. The van der Waals surface area contributed by atoms with Crippen molar-refractivity contribution >= 4 is 58.4 Å². The van der Waals surface area contributed by atoms with Crippen LogP contribution in [-0.4, -0.2) is 29.6 Å². The van der Waals surface area contributed by atoms with E-state index in [1.807, 2.05) is 29.8 Å². The molecule has 11 heteroatoms. The Kier molecular flexibility index (Phi) is 6.58. The lowest BCUT2D eigenvalue weighted by molar-refractivity contribution is -0.137. The molecule has 1 aliphatic carbocycles. The van der Waals surface area contributed by atoms with E-state index < -0.39 is 23.6 Å². The molecule has 0 saturated carbocycles. The zero-order valence-corrected chi connectivity index (χ0v) is 19.7. The van der Waals surface area contributed by atoms with E-state index in [1.54, 1.807) is 11.8 Å². The van der Waals surface area contributed by atoms with Gasteiger partial charge in [0, 0.05) is 22.6 Å². The fraction of sp³-hybridized carbons (Fsp3) is 0.400. The molecule has 1 aromatic carbocycles. The molecule has 1 aromatic heterocycles. The van der Waals surface area contributed by atoms with Crippen LogP contribution in [0.4, 0.5) is 13.2 Å². The van der Waals surface area contributed by atoms with E-state index in [0.29, 0.717) is 4.88 Å². The van der Waals surface area contributed by atoms with Gasteiger partial charge in [-0.2, -0.15) is 13.2 Å². The van der Waals surface area contributed by atoms with E-state index in [0.717, 1.165) is 58.7 Å². The number of thiophene rings is 1. The molecule has 1 fully saturated rings. The molecule has 4 nitrogen and oxygen atoms in total. The van der Waals surface area contributed by atoms with Crippen molar-refractivity contribution in [2.24, 2.45) is 0 Å². The maximum atomic E-state index is 12.9. The fourth-order valence-corrected chi connectivity index (χ4v) is 9.71. The monoisotopic (exact) mass is 504 g/mol. The highest BCUT2D eigenvalue weighted by molar-refractivity contribution is 8.20. The third-order valence-electron chi connectivity index (χ3n) is 5.18. The number of hydrogen-bond donors (Lipinski definition) is 2. The van der Waals surface area contributed by atoms with Gasteiger partial charge in [0.15, 0.2) is 0 Å². The molecule has 2 N–H and O–H groups in total. The first-order valence-electron chi connectivity index (χ1n) is 9.51. The standard InChI is InChI=1S/C20H19F3N2O2S4/c1-28-18-14-13(6-3-7-19(14)29-8-9-30-19)15(31-18)17(27)25-24-16(26)11-4-2-5-12(10-11)20(21,22)23/h2,4-5,10H,3,6-9H2,1H3,(H,24,26)(H,25,27). The van der Waals surface area contributed by atoms with Gasteiger partial charge in [0.25, 0.3) is 11.8 Å². The minimum Gasteiger partial charge on any atom is -0.267 e. The van der Waals surface area contributed by atoms with Gasteiger partial charge in [-0.25, -0.2) is 0 Å². The molecule has 0 radical (unpaired) electrons. The van der Waals surface area contributed by atoms with Crippen LogP contribution in [0.15, 0.2) is 28.5 Å². The molecule has 2 amide bonds. The number of carbonyl (C=O) groups excluding carboxylic acids is 2. The Morgan fingerprint density at radius 1 is 1.13 bits per heavy atom. The second kappa shape index (κ2) is 8.92. The lowest BCUT2D eigenvalue weighted by Gasteiger charge is -2.33. The van der Waals surface area contributed by atoms with E-state index in [1.165, 1.54) is 23.0 Å². The third-order valence-corrected chi connectivity index (χ3v) is 11.1. The van der Waals surface area contributed by atoms with Gasteiger partial charge in [0.2, 0.25) is 0 Å². The molecule has 166 valence electrons. The Hall–Kier alpha value is -1.30. The number of carbonyl (C=O) groups is 2. The number of fused-ring (bicyclic) bond motifs is 2. The Bertz CT molecular complexity index is 1020. The molecular formula is C20H19F3N2O2S4. The number of benzene rings is 1. The fourth-order valence-electron chi connectivity index (χ4n) is 3.84. The minimum absolute atomic E-state index is 0.00222. The van der Waals surface area contributed by atoms with Gasteiger partial charge in [0.1, 0.15) is 0 Å². The first-order valence-corrected chi connectivity index (χ1v) is 13.5. The predicted octanol–water partition coefficient (Wildman–Crippen LogP) is 5.53. The summed E-state index contributed by atoms with van der Waals surface area (Å²) in [6, 6.07) is 4.09. The molecule has 2 heterocycles. The summed E-state index contributed by atoms with van der Waals surface area (Å²) in [6.07, 6.45) is 0.326. The summed E-state index contributed by atoms with van der Waals surface area (Å²) in [4.78, 5) is 25.8. The molecular weight excluding hydrogens is 485 g/mol. The van der Waals surface area contributed by atoms with Crippen molar-refractivity contribution in [1.82, 2.24) is 10.9 Å². The van der Waals surface area contributed by atoms with Gasteiger partial charge in [0.05, 0.1) is 18.7 Å². The highest BCUT2D eigenvalue weighted by Crippen LogP contribution is 2.61. The molecule has 31 heavy (non-hydrogen) atoms. The molecule has 2 aromatic rings. The maximum Gasteiger partial charge on any atom is 0.416 e. The molecule has 0 atom stereocenters. The smallest absolute Gasteiger partial charge is 0.267 e. The van der Waals surface area contributed by atoms with Crippen molar-refractivity contribution in [2.75, 3.05) is 17.8 Å². The largest absolute Gasteiger partial charge is 0.416 e. The second-order valence-corrected chi connectivity index (χ2v) is 12.2. The second-order valence-electron chi connectivity index (χ2n) is 7.07. The lowest BCUT2D eigenvalue weighted by Crippen LogP contribution is -2.41. The number of hydrogen-bond acceptors (Lipinski definition) is 6. The Morgan fingerprint density at radius 2 is 1.84 bits per heavy atom. The van der Waals surface area contributed by atoms with E-state index in [-0.39, 0.29) is 9.64 Å². The highest BCUT2D eigenvalue weighted by atomic mass is 32.2. The van der Waals surface area contributed by atoms with Crippen molar-refractivity contribution in [3.8, 4) is 0 Å². The zero-order valence-electron chi connectivity index (χ0n) is 16.4. The summed E-state index contributed by atoms with van der Waals surface area (Å²) in [5.41, 5.74) is 5.84. The van der Waals surface area contributed by atoms with Crippen molar-refractivity contribution in [1.29, 1.82) is 0 Å². The van der Waals surface area contributed by atoms with E-state index in [2.05, 4.69) is 10.9 Å². The topological polar surface area (TPSA) is 58.2 Å². The number of thioether (sulfide) groups is 3. The van der Waals surface area contributed by atoms with Crippen LogP contribution in [0.3, 0.4) is 0 Å². The van der Waals surface area contributed by atoms with Crippen LogP contribution >= 0.6 is 46.6 Å². The van der Waals surface area contributed by atoms with Gasteiger partial charge in [-0.3, -0.25) is 20.4 Å². The number of amides is 2. The van der Waals surface area contributed by atoms with E-state index >= 15 is 0 Å². The van der Waals surface area contributed by atoms with Crippen molar-refractivity contribution in [2.45, 2.75) is 33.7 Å². The average molecular weight is 505 g/mol. The number of hydrazine groups is 1. The van der Waals surface area contributed by atoms with Crippen LogP contribution in [0.2, 0.25) is 0 Å². The quantitative estimate of drug-likeness (QED) is 0.425. The SMILES string of the molecule is CSc1sc(C(=O)NNC(=O)c2cccc(C(F)(F)F)c2)c2c1C1(CCC2)SCCS1. The van der Waals surface area contributed by atoms with Gasteiger partial charge >= 0.3 is 6.18 Å². The average Bonchev–Trinajstić information content (AvgIpc) is 3.37.